The lowest BCUT2D eigenvalue weighted by Gasteiger charge is -2.21. The summed E-state index contributed by atoms with van der Waals surface area (Å²) in [6.07, 6.45) is -1.53. The number of amides is 1. The van der Waals surface area contributed by atoms with Gasteiger partial charge in [0, 0.05) is 24.1 Å². The number of hydrogen-bond acceptors (Lipinski definition) is 3. The minimum atomic E-state index is -4.43. The number of nitrogens with one attached hydrogen (secondary N) is 1. The summed E-state index contributed by atoms with van der Waals surface area (Å²) in [5.74, 6) is -0.238. The van der Waals surface area contributed by atoms with E-state index < -0.39 is 11.7 Å². The van der Waals surface area contributed by atoms with Gasteiger partial charge in [0.05, 0.1) is 23.0 Å². The standard InChI is InChI=1S/C22H20F3N3O/c1-3-28(20-9-4-6-15(2)10-20)21(29)16-11-19(14-26-13-16)27-18-8-5-7-17(12-18)22(23,24)25/h4-14,27H,3H2,1-2H3. The number of alkyl halides is 3. The van der Waals surface area contributed by atoms with Gasteiger partial charge in [-0.3, -0.25) is 9.78 Å². The maximum absolute atomic E-state index is 13.0. The summed E-state index contributed by atoms with van der Waals surface area (Å²) in [6, 6.07) is 14.0. The van der Waals surface area contributed by atoms with Gasteiger partial charge in [-0.05, 0) is 55.8 Å². The molecule has 3 aromatic rings. The predicted octanol–water partition coefficient (Wildman–Crippen LogP) is 5.82. The van der Waals surface area contributed by atoms with E-state index in [9.17, 15) is 18.0 Å². The molecule has 0 saturated carbocycles. The molecule has 0 aliphatic heterocycles. The van der Waals surface area contributed by atoms with Crippen LogP contribution in [0.5, 0.6) is 0 Å². The molecule has 0 fully saturated rings. The van der Waals surface area contributed by atoms with Crippen LogP contribution in [0.1, 0.15) is 28.4 Å². The fourth-order valence-electron chi connectivity index (χ4n) is 2.96. The molecule has 3 rings (SSSR count). The lowest BCUT2D eigenvalue weighted by Crippen LogP contribution is -2.30. The Morgan fingerprint density at radius 2 is 1.79 bits per heavy atom. The summed E-state index contributed by atoms with van der Waals surface area (Å²) in [7, 11) is 0. The second kappa shape index (κ2) is 8.34. The first-order valence-corrected chi connectivity index (χ1v) is 9.06. The Labute approximate surface area is 167 Å². The van der Waals surface area contributed by atoms with E-state index in [2.05, 4.69) is 10.3 Å². The first kappa shape index (κ1) is 20.4. The maximum atomic E-state index is 13.0. The number of anilines is 3. The van der Waals surface area contributed by atoms with Crippen molar-refractivity contribution in [3.8, 4) is 0 Å². The number of halogens is 3. The molecule has 150 valence electrons. The highest BCUT2D eigenvalue weighted by Crippen LogP contribution is 2.31. The molecule has 1 N–H and O–H groups in total. The molecule has 0 aliphatic carbocycles. The number of pyridine rings is 1. The molecule has 0 atom stereocenters. The van der Waals surface area contributed by atoms with Gasteiger partial charge >= 0.3 is 6.18 Å². The van der Waals surface area contributed by atoms with Crippen LogP contribution in [0.25, 0.3) is 0 Å². The van der Waals surface area contributed by atoms with Gasteiger partial charge in [-0.25, -0.2) is 0 Å². The number of hydrogen-bond donors (Lipinski definition) is 1. The molecular formula is C22H20F3N3O. The summed E-state index contributed by atoms with van der Waals surface area (Å²) >= 11 is 0. The molecule has 7 heteroatoms. The molecule has 1 aromatic heterocycles. The fourth-order valence-corrected chi connectivity index (χ4v) is 2.96. The molecule has 0 unspecified atom stereocenters. The Morgan fingerprint density at radius 1 is 1.03 bits per heavy atom. The minimum absolute atomic E-state index is 0.238. The van der Waals surface area contributed by atoms with Crippen molar-refractivity contribution in [2.24, 2.45) is 0 Å². The number of aryl methyl sites for hydroxylation is 1. The summed E-state index contributed by atoms with van der Waals surface area (Å²) in [5, 5.41) is 2.88. The van der Waals surface area contributed by atoms with Crippen molar-refractivity contribution < 1.29 is 18.0 Å². The number of nitrogens with zero attached hydrogens (tertiary/aromatic N) is 2. The van der Waals surface area contributed by atoms with Gasteiger partial charge in [-0.1, -0.05) is 18.2 Å². The normalized spacial score (nSPS) is 11.2. The van der Waals surface area contributed by atoms with E-state index in [0.29, 0.717) is 17.8 Å². The van der Waals surface area contributed by atoms with Gasteiger partial charge in [0.25, 0.3) is 5.91 Å². The molecular weight excluding hydrogens is 379 g/mol. The third-order valence-electron chi connectivity index (χ3n) is 4.34. The third kappa shape index (κ3) is 4.93. The Morgan fingerprint density at radius 3 is 2.48 bits per heavy atom. The van der Waals surface area contributed by atoms with Crippen molar-refractivity contribution in [2.45, 2.75) is 20.0 Å². The molecule has 1 amide bonds. The van der Waals surface area contributed by atoms with Gasteiger partial charge in [0.1, 0.15) is 0 Å². The molecule has 0 spiro atoms. The summed E-state index contributed by atoms with van der Waals surface area (Å²) in [5.41, 5.74) is 2.08. The van der Waals surface area contributed by atoms with E-state index in [0.717, 1.165) is 23.4 Å². The van der Waals surface area contributed by atoms with Crippen molar-refractivity contribution in [1.29, 1.82) is 0 Å². The van der Waals surface area contributed by atoms with Crippen molar-refractivity contribution in [3.63, 3.8) is 0 Å². The zero-order valence-corrected chi connectivity index (χ0v) is 16.0. The van der Waals surface area contributed by atoms with Gasteiger partial charge in [0.2, 0.25) is 0 Å². The quantitative estimate of drug-likeness (QED) is 0.588. The van der Waals surface area contributed by atoms with E-state index in [-0.39, 0.29) is 11.6 Å². The number of rotatable bonds is 5. The summed E-state index contributed by atoms with van der Waals surface area (Å²) < 4.78 is 38.7. The molecule has 4 nitrogen and oxygen atoms in total. The highest BCUT2D eigenvalue weighted by atomic mass is 19.4. The summed E-state index contributed by atoms with van der Waals surface area (Å²) in [6.45, 7) is 4.29. The molecule has 0 aliphatic rings. The topological polar surface area (TPSA) is 45.2 Å². The van der Waals surface area contributed by atoms with E-state index in [1.807, 2.05) is 38.1 Å². The molecule has 1 heterocycles. The van der Waals surface area contributed by atoms with E-state index in [1.165, 1.54) is 24.5 Å². The molecule has 0 bridgehead atoms. The number of benzene rings is 2. The van der Waals surface area contributed by atoms with Crippen LogP contribution in [0.15, 0.2) is 67.0 Å². The van der Waals surface area contributed by atoms with Crippen LogP contribution >= 0.6 is 0 Å². The fraction of sp³-hybridized carbons (Fsp3) is 0.182. The van der Waals surface area contributed by atoms with Crippen LogP contribution < -0.4 is 10.2 Å². The maximum Gasteiger partial charge on any atom is 0.416 e. The first-order chi connectivity index (χ1) is 13.8. The highest BCUT2D eigenvalue weighted by molar-refractivity contribution is 6.06. The number of aromatic nitrogens is 1. The molecule has 0 saturated heterocycles. The summed E-state index contributed by atoms with van der Waals surface area (Å²) in [4.78, 5) is 18.7. The largest absolute Gasteiger partial charge is 0.416 e. The van der Waals surface area contributed by atoms with Crippen molar-refractivity contribution in [2.75, 3.05) is 16.8 Å². The zero-order chi connectivity index (χ0) is 21.0. The predicted molar refractivity (Wildman–Crippen MR) is 107 cm³/mol. The van der Waals surface area contributed by atoms with Crippen LogP contribution in [0.2, 0.25) is 0 Å². The average molecular weight is 399 g/mol. The Balaban J connectivity index is 1.85. The third-order valence-corrected chi connectivity index (χ3v) is 4.34. The first-order valence-electron chi connectivity index (χ1n) is 9.06. The smallest absolute Gasteiger partial charge is 0.354 e. The monoisotopic (exact) mass is 399 g/mol. The van der Waals surface area contributed by atoms with Crippen molar-refractivity contribution in [3.05, 3.63) is 83.7 Å². The number of carbonyl (C=O) groups is 1. The Bertz CT molecular complexity index is 1020. The van der Waals surface area contributed by atoms with Crippen LogP contribution in [0, 0.1) is 6.92 Å². The lowest BCUT2D eigenvalue weighted by atomic mass is 10.1. The highest BCUT2D eigenvalue weighted by Gasteiger charge is 2.30. The molecule has 2 aromatic carbocycles. The molecule has 29 heavy (non-hydrogen) atoms. The second-order valence-corrected chi connectivity index (χ2v) is 6.55. The Hall–Kier alpha value is -3.35. The lowest BCUT2D eigenvalue weighted by molar-refractivity contribution is -0.137. The zero-order valence-electron chi connectivity index (χ0n) is 16.0. The van der Waals surface area contributed by atoms with Gasteiger partial charge in [-0.2, -0.15) is 13.2 Å². The van der Waals surface area contributed by atoms with Crippen molar-refractivity contribution in [1.82, 2.24) is 4.98 Å². The van der Waals surface area contributed by atoms with Crippen molar-refractivity contribution >= 4 is 23.0 Å². The number of carbonyl (C=O) groups excluding carboxylic acids is 1. The van der Waals surface area contributed by atoms with Crippen LogP contribution in [0.4, 0.5) is 30.2 Å². The second-order valence-electron chi connectivity index (χ2n) is 6.55. The average Bonchev–Trinajstić information content (AvgIpc) is 2.68. The Kier molecular flexibility index (Phi) is 5.87. The van der Waals surface area contributed by atoms with Crippen LogP contribution in [-0.4, -0.2) is 17.4 Å². The van der Waals surface area contributed by atoms with E-state index in [1.54, 1.807) is 11.0 Å². The van der Waals surface area contributed by atoms with Crippen LogP contribution in [0.3, 0.4) is 0 Å². The van der Waals surface area contributed by atoms with Gasteiger partial charge in [0.15, 0.2) is 0 Å². The van der Waals surface area contributed by atoms with E-state index >= 15 is 0 Å². The van der Waals surface area contributed by atoms with Crippen LogP contribution in [-0.2, 0) is 6.18 Å². The minimum Gasteiger partial charge on any atom is -0.354 e. The SMILES string of the molecule is CCN(C(=O)c1cncc(Nc2cccc(C(F)(F)F)c2)c1)c1cccc(C)c1. The molecule has 0 radical (unpaired) electrons. The van der Waals surface area contributed by atoms with Gasteiger partial charge in [-0.15, -0.1) is 0 Å². The van der Waals surface area contributed by atoms with E-state index in [4.69, 9.17) is 0 Å². The van der Waals surface area contributed by atoms with Gasteiger partial charge < -0.3 is 10.2 Å².